The largest absolute Gasteiger partial charge is 0.452 e. The molecule has 2 rings (SSSR count). The van der Waals surface area contributed by atoms with Gasteiger partial charge in [0.1, 0.15) is 29.0 Å². The first-order valence-corrected chi connectivity index (χ1v) is 6.17. The Morgan fingerprint density at radius 1 is 0.818 bits per heavy atom. The maximum atomic E-state index is 14.1. The fourth-order valence-corrected chi connectivity index (χ4v) is 2.00. The van der Waals surface area contributed by atoms with Gasteiger partial charge in [-0.25, -0.2) is 8.78 Å². The Balaban J connectivity index is 2.72. The van der Waals surface area contributed by atoms with Crippen molar-refractivity contribution in [1.82, 2.24) is 0 Å². The number of rotatable bonds is 2. The number of halogens is 3. The van der Waals surface area contributed by atoms with E-state index in [1.807, 2.05) is 0 Å². The minimum atomic E-state index is -1.68. The van der Waals surface area contributed by atoms with Gasteiger partial charge in [0.25, 0.3) is 0 Å². The van der Waals surface area contributed by atoms with Crippen LogP contribution in [0.25, 0.3) is 0 Å². The molecule has 0 N–H and O–H groups in total. The second-order valence-corrected chi connectivity index (χ2v) is 4.57. The van der Waals surface area contributed by atoms with Crippen LogP contribution >= 0.6 is 0 Å². The summed E-state index contributed by atoms with van der Waals surface area (Å²) in [4.78, 5) is 0. The van der Waals surface area contributed by atoms with Crippen LogP contribution in [0.5, 0.6) is 11.5 Å². The summed E-state index contributed by atoms with van der Waals surface area (Å²) >= 11 is 0. The number of nitriles is 2. The van der Waals surface area contributed by atoms with Crippen molar-refractivity contribution in [2.45, 2.75) is 13.8 Å². The third-order valence-electron chi connectivity index (χ3n) is 3.11. The van der Waals surface area contributed by atoms with Crippen molar-refractivity contribution in [3.8, 4) is 23.6 Å². The number of hydrogen-bond acceptors (Lipinski definition) is 3. The topological polar surface area (TPSA) is 56.8 Å². The maximum Gasteiger partial charge on any atom is 0.204 e. The highest BCUT2D eigenvalue weighted by Crippen LogP contribution is 2.36. The van der Waals surface area contributed by atoms with E-state index < -0.39 is 34.3 Å². The van der Waals surface area contributed by atoms with Crippen LogP contribution in [0.15, 0.2) is 18.2 Å². The van der Waals surface area contributed by atoms with Crippen molar-refractivity contribution in [2.24, 2.45) is 0 Å². The molecule has 0 radical (unpaired) electrons. The summed E-state index contributed by atoms with van der Waals surface area (Å²) in [5.74, 6) is -5.36. The molecule has 3 nitrogen and oxygen atoms in total. The molecule has 0 fully saturated rings. The van der Waals surface area contributed by atoms with Gasteiger partial charge in [0.15, 0.2) is 17.4 Å². The summed E-state index contributed by atoms with van der Waals surface area (Å²) < 4.78 is 47.0. The molecule has 0 aliphatic rings. The van der Waals surface area contributed by atoms with E-state index in [-0.39, 0.29) is 5.75 Å². The van der Waals surface area contributed by atoms with Gasteiger partial charge in [0.05, 0.1) is 0 Å². The Labute approximate surface area is 124 Å². The summed E-state index contributed by atoms with van der Waals surface area (Å²) in [6.07, 6.45) is 0. The zero-order valence-corrected chi connectivity index (χ0v) is 11.7. The van der Waals surface area contributed by atoms with E-state index in [9.17, 15) is 13.2 Å². The first-order chi connectivity index (χ1) is 10.4. The summed E-state index contributed by atoms with van der Waals surface area (Å²) in [5.41, 5.74) is -0.789. The average molecular weight is 302 g/mol. The lowest BCUT2D eigenvalue weighted by Gasteiger charge is -2.14. The lowest BCUT2D eigenvalue weighted by atomic mass is 10.1. The summed E-state index contributed by atoms with van der Waals surface area (Å²) in [6.45, 7) is 3.34. The first kappa shape index (κ1) is 15.4. The van der Waals surface area contributed by atoms with E-state index in [0.29, 0.717) is 11.1 Å². The zero-order valence-electron chi connectivity index (χ0n) is 11.7. The van der Waals surface area contributed by atoms with Crippen molar-refractivity contribution >= 4 is 0 Å². The van der Waals surface area contributed by atoms with Crippen molar-refractivity contribution in [1.29, 1.82) is 10.5 Å². The monoisotopic (exact) mass is 302 g/mol. The Hall–Kier alpha value is -2.99. The smallest absolute Gasteiger partial charge is 0.204 e. The third kappa shape index (κ3) is 2.36. The van der Waals surface area contributed by atoms with Crippen LogP contribution in [0.1, 0.15) is 22.3 Å². The molecule has 22 heavy (non-hydrogen) atoms. The Morgan fingerprint density at radius 2 is 1.36 bits per heavy atom. The molecule has 2 aromatic rings. The molecule has 0 bridgehead atoms. The van der Waals surface area contributed by atoms with Gasteiger partial charge >= 0.3 is 0 Å². The lowest BCUT2D eigenvalue weighted by Crippen LogP contribution is -2.04. The molecule has 0 saturated heterocycles. The van der Waals surface area contributed by atoms with Crippen molar-refractivity contribution < 1.29 is 17.9 Å². The van der Waals surface area contributed by atoms with Crippen LogP contribution in [0, 0.1) is 54.0 Å². The predicted octanol–water partition coefficient (Wildman–Crippen LogP) is 4.26. The molecule has 0 unspecified atom stereocenters. The van der Waals surface area contributed by atoms with Crippen molar-refractivity contribution in [2.75, 3.05) is 0 Å². The summed E-state index contributed by atoms with van der Waals surface area (Å²) in [5, 5.41) is 17.6. The van der Waals surface area contributed by atoms with E-state index in [0.717, 1.165) is 0 Å². The van der Waals surface area contributed by atoms with Gasteiger partial charge in [0.2, 0.25) is 5.82 Å². The molecule has 110 valence electrons. The Morgan fingerprint density at radius 3 is 1.86 bits per heavy atom. The fraction of sp³-hybridized carbons (Fsp3) is 0.125. The highest BCUT2D eigenvalue weighted by Gasteiger charge is 2.27. The first-order valence-electron chi connectivity index (χ1n) is 6.17. The number of aryl methyl sites for hydroxylation is 2. The molecule has 0 aliphatic heterocycles. The predicted molar refractivity (Wildman–Crippen MR) is 71.7 cm³/mol. The highest BCUT2D eigenvalue weighted by atomic mass is 19.2. The van der Waals surface area contributed by atoms with E-state index in [4.69, 9.17) is 15.3 Å². The van der Waals surface area contributed by atoms with E-state index in [1.165, 1.54) is 12.1 Å². The van der Waals surface area contributed by atoms with Crippen LogP contribution in [0.2, 0.25) is 0 Å². The quantitative estimate of drug-likeness (QED) is 0.779. The standard InChI is InChI=1S/C16H9F3N2O/c1-8-4-3-5-9(2)15(8)22-16-11(7-21)12(17)10(6-20)13(18)14(16)19/h3-5H,1-2H3. The summed E-state index contributed by atoms with van der Waals surface area (Å²) in [6, 6.07) is 7.68. The van der Waals surface area contributed by atoms with Gasteiger partial charge in [-0.3, -0.25) is 0 Å². The molecule has 0 saturated carbocycles. The Bertz CT molecular complexity index is 828. The van der Waals surface area contributed by atoms with Crippen LogP contribution in [0.4, 0.5) is 13.2 Å². The second kappa shape index (κ2) is 5.79. The number of hydrogen-bond donors (Lipinski definition) is 0. The summed E-state index contributed by atoms with van der Waals surface area (Å²) in [7, 11) is 0. The fourth-order valence-electron chi connectivity index (χ4n) is 2.00. The number of nitrogens with zero attached hydrogens (tertiary/aromatic N) is 2. The molecular formula is C16H9F3N2O. The lowest BCUT2D eigenvalue weighted by molar-refractivity contribution is 0.401. The van der Waals surface area contributed by atoms with E-state index in [1.54, 1.807) is 32.0 Å². The van der Waals surface area contributed by atoms with Crippen molar-refractivity contribution in [3.63, 3.8) is 0 Å². The SMILES string of the molecule is Cc1cccc(C)c1Oc1c(F)c(F)c(C#N)c(F)c1C#N. The molecule has 0 spiro atoms. The number of para-hydroxylation sites is 1. The zero-order chi connectivity index (χ0) is 16.4. The molecule has 0 atom stereocenters. The molecule has 0 aliphatic carbocycles. The molecular weight excluding hydrogens is 293 g/mol. The van der Waals surface area contributed by atoms with Gasteiger partial charge in [0, 0.05) is 0 Å². The van der Waals surface area contributed by atoms with Crippen LogP contribution in [-0.4, -0.2) is 0 Å². The minimum Gasteiger partial charge on any atom is -0.452 e. The molecule has 0 heterocycles. The third-order valence-corrected chi connectivity index (χ3v) is 3.11. The number of ether oxygens (including phenoxy) is 1. The average Bonchev–Trinajstić information content (AvgIpc) is 2.48. The van der Waals surface area contributed by atoms with E-state index in [2.05, 4.69) is 0 Å². The van der Waals surface area contributed by atoms with Gasteiger partial charge in [-0.1, -0.05) is 18.2 Å². The number of benzene rings is 2. The minimum absolute atomic E-state index is 0.196. The van der Waals surface area contributed by atoms with E-state index >= 15 is 0 Å². The normalized spacial score (nSPS) is 9.95. The van der Waals surface area contributed by atoms with Gasteiger partial charge in [-0.15, -0.1) is 0 Å². The molecule has 6 heteroatoms. The maximum absolute atomic E-state index is 14.1. The van der Waals surface area contributed by atoms with Crippen LogP contribution in [-0.2, 0) is 0 Å². The highest BCUT2D eigenvalue weighted by molar-refractivity contribution is 5.54. The second-order valence-electron chi connectivity index (χ2n) is 4.57. The van der Waals surface area contributed by atoms with Crippen LogP contribution < -0.4 is 4.74 Å². The van der Waals surface area contributed by atoms with Gasteiger partial charge < -0.3 is 4.74 Å². The Kier molecular flexibility index (Phi) is 4.05. The van der Waals surface area contributed by atoms with Crippen molar-refractivity contribution in [3.05, 3.63) is 57.9 Å². The molecule has 0 amide bonds. The molecule has 0 aromatic heterocycles. The van der Waals surface area contributed by atoms with Crippen LogP contribution in [0.3, 0.4) is 0 Å². The molecule has 2 aromatic carbocycles. The van der Waals surface area contributed by atoms with Gasteiger partial charge in [-0.2, -0.15) is 14.9 Å². The van der Waals surface area contributed by atoms with Gasteiger partial charge in [-0.05, 0) is 25.0 Å².